The molecular weight excluding hydrogens is 659 g/mol. The summed E-state index contributed by atoms with van der Waals surface area (Å²) in [6.07, 6.45) is 27.8. The van der Waals surface area contributed by atoms with Gasteiger partial charge in [0.25, 0.3) is 0 Å². The smallest absolute Gasteiger partial charge is 0.311 e. The lowest BCUT2D eigenvalue weighted by Gasteiger charge is -2.27. The number of hydrogen-bond acceptors (Lipinski definition) is 6. The number of rotatable bonds is 35. The number of esters is 1. The van der Waals surface area contributed by atoms with Crippen LogP contribution in [0, 0.1) is 22.7 Å². The zero-order chi connectivity index (χ0) is 39.5. The molecule has 6 nitrogen and oxygen atoms in total. The Balaban J connectivity index is 2.50. The highest BCUT2D eigenvalue weighted by molar-refractivity contribution is 5.81. The summed E-state index contributed by atoms with van der Waals surface area (Å²) in [7, 11) is 0. The lowest BCUT2D eigenvalue weighted by molar-refractivity contribution is -0.161. The maximum absolute atomic E-state index is 13.3. The quantitative estimate of drug-likeness (QED) is 0.0475. The highest BCUT2D eigenvalue weighted by Gasteiger charge is 2.37. The molecule has 0 aliphatic carbocycles. The van der Waals surface area contributed by atoms with Crippen molar-refractivity contribution in [2.24, 2.45) is 22.7 Å². The number of nitrogens with zero attached hydrogens (tertiary/aromatic N) is 1. The van der Waals surface area contributed by atoms with E-state index in [0.29, 0.717) is 24.2 Å². The van der Waals surface area contributed by atoms with Crippen molar-refractivity contribution in [2.75, 3.05) is 26.3 Å². The molecule has 1 saturated heterocycles. The largest absolute Gasteiger partial charge is 0.462 e. The lowest BCUT2D eigenvalue weighted by atomic mass is 9.83. The average Bonchev–Trinajstić information content (AvgIpc) is 3.53. The second-order valence-electron chi connectivity index (χ2n) is 18.3. The van der Waals surface area contributed by atoms with E-state index in [4.69, 9.17) is 9.47 Å². The maximum Gasteiger partial charge on any atom is 0.311 e. The number of carbonyl (C=O) groups is 3. The second kappa shape index (κ2) is 29.0. The van der Waals surface area contributed by atoms with E-state index in [0.717, 1.165) is 129 Å². The summed E-state index contributed by atoms with van der Waals surface area (Å²) in [5, 5.41) is 0. The number of hydrogen-bond donors (Lipinski definition) is 0. The molecule has 0 spiro atoms. The fourth-order valence-corrected chi connectivity index (χ4v) is 7.90. The Morgan fingerprint density at radius 2 is 1.21 bits per heavy atom. The van der Waals surface area contributed by atoms with Crippen molar-refractivity contribution in [3.05, 3.63) is 0 Å². The minimum atomic E-state index is -0.446. The Labute approximate surface area is 329 Å². The van der Waals surface area contributed by atoms with Crippen molar-refractivity contribution in [1.29, 1.82) is 0 Å². The molecule has 312 valence electrons. The lowest BCUT2D eigenvalue weighted by Crippen LogP contribution is -2.34. The molecule has 0 aromatic rings. The van der Waals surface area contributed by atoms with Crippen molar-refractivity contribution >= 4 is 17.5 Å². The van der Waals surface area contributed by atoms with Crippen LogP contribution in [0.4, 0.5) is 0 Å². The van der Waals surface area contributed by atoms with Gasteiger partial charge in [-0.2, -0.15) is 0 Å². The predicted octanol–water partition coefficient (Wildman–Crippen LogP) is 12.9. The molecule has 0 saturated carbocycles. The fourth-order valence-electron chi connectivity index (χ4n) is 7.90. The molecule has 53 heavy (non-hydrogen) atoms. The van der Waals surface area contributed by atoms with Crippen molar-refractivity contribution in [3.8, 4) is 0 Å². The van der Waals surface area contributed by atoms with E-state index >= 15 is 0 Å². The predicted molar refractivity (Wildman–Crippen MR) is 224 cm³/mol. The summed E-state index contributed by atoms with van der Waals surface area (Å²) >= 11 is 0. The molecule has 6 heteroatoms. The van der Waals surface area contributed by atoms with E-state index < -0.39 is 5.41 Å². The zero-order valence-electron chi connectivity index (χ0n) is 36.8. The van der Waals surface area contributed by atoms with Crippen LogP contribution < -0.4 is 0 Å². The van der Waals surface area contributed by atoms with Crippen LogP contribution in [0.5, 0.6) is 0 Å². The summed E-state index contributed by atoms with van der Waals surface area (Å²) in [6.45, 7) is 22.3. The molecule has 0 amide bonds. The van der Waals surface area contributed by atoms with Gasteiger partial charge in [0.05, 0.1) is 12.0 Å². The van der Waals surface area contributed by atoms with Crippen LogP contribution in [-0.4, -0.2) is 60.9 Å². The maximum atomic E-state index is 13.3. The standard InChI is InChI=1S/C47H89NO5/c1-10-13-16-18-19-24-30-43(29-23-17-14-11-2)53-45(51)47(8,9)33-25-20-21-28-35-52-38-42-36-41(39(4)44(50)31-22-15-12-3)37-48(42)34-27-26-32-46(6,7)40(5)49/h39,41-43H,10-38H2,1-9H3/t39?,41-,42-,43?/m0/s1. The van der Waals surface area contributed by atoms with Gasteiger partial charge in [0.1, 0.15) is 17.7 Å². The van der Waals surface area contributed by atoms with E-state index in [1.54, 1.807) is 6.92 Å². The van der Waals surface area contributed by atoms with Crippen LogP contribution in [0.25, 0.3) is 0 Å². The summed E-state index contributed by atoms with van der Waals surface area (Å²) in [4.78, 5) is 40.9. The van der Waals surface area contributed by atoms with Crippen molar-refractivity contribution in [3.63, 3.8) is 0 Å². The molecule has 1 heterocycles. The van der Waals surface area contributed by atoms with Gasteiger partial charge in [-0.3, -0.25) is 19.3 Å². The number of likely N-dealkylation sites (tertiary alicyclic amines) is 1. The van der Waals surface area contributed by atoms with Crippen LogP contribution in [0.2, 0.25) is 0 Å². The Kier molecular flexibility index (Phi) is 27.3. The highest BCUT2D eigenvalue weighted by atomic mass is 16.5. The minimum absolute atomic E-state index is 0.00808. The summed E-state index contributed by atoms with van der Waals surface area (Å²) in [5.41, 5.74) is -0.698. The van der Waals surface area contributed by atoms with Gasteiger partial charge >= 0.3 is 5.97 Å². The van der Waals surface area contributed by atoms with Gasteiger partial charge in [0, 0.05) is 36.9 Å². The minimum Gasteiger partial charge on any atom is -0.462 e. The van der Waals surface area contributed by atoms with Crippen molar-refractivity contribution in [2.45, 2.75) is 235 Å². The van der Waals surface area contributed by atoms with Crippen LogP contribution in [-0.2, 0) is 23.9 Å². The van der Waals surface area contributed by atoms with Crippen molar-refractivity contribution in [1.82, 2.24) is 4.90 Å². The molecule has 0 radical (unpaired) electrons. The van der Waals surface area contributed by atoms with E-state index in [1.165, 1.54) is 51.4 Å². The third kappa shape index (κ3) is 22.2. The average molecular weight is 748 g/mol. The first-order valence-electron chi connectivity index (χ1n) is 22.9. The first-order valence-corrected chi connectivity index (χ1v) is 22.9. The Morgan fingerprint density at radius 3 is 1.85 bits per heavy atom. The summed E-state index contributed by atoms with van der Waals surface area (Å²) in [5.74, 6) is 1.19. The van der Waals surface area contributed by atoms with E-state index in [9.17, 15) is 14.4 Å². The SMILES string of the molecule is CCCCCCCCC(CCCCCC)OC(=O)C(C)(C)CCCCCCOC[C@@H]1C[C@H](C(C)C(=O)CCCCC)CN1CCCCC(C)(C)C(C)=O. The third-order valence-electron chi connectivity index (χ3n) is 12.5. The first kappa shape index (κ1) is 49.7. The number of unbranched alkanes of at least 4 members (excludes halogenated alkanes) is 14. The second-order valence-corrected chi connectivity index (χ2v) is 18.3. The van der Waals surface area contributed by atoms with Crippen LogP contribution in [0.15, 0.2) is 0 Å². The molecule has 0 bridgehead atoms. The Morgan fingerprint density at radius 1 is 0.679 bits per heavy atom. The number of ether oxygens (including phenoxy) is 2. The molecular formula is C47H89NO5. The van der Waals surface area contributed by atoms with Gasteiger partial charge in [-0.25, -0.2) is 0 Å². The molecule has 0 aromatic carbocycles. The van der Waals surface area contributed by atoms with Gasteiger partial charge in [-0.15, -0.1) is 0 Å². The topological polar surface area (TPSA) is 72.9 Å². The number of ketones is 2. The van der Waals surface area contributed by atoms with Crippen molar-refractivity contribution < 1.29 is 23.9 Å². The molecule has 1 aliphatic heterocycles. The van der Waals surface area contributed by atoms with E-state index in [-0.39, 0.29) is 29.2 Å². The van der Waals surface area contributed by atoms with Gasteiger partial charge in [0.2, 0.25) is 0 Å². The number of Topliss-reactive ketones (excluding diaryl/α,β-unsaturated/α-hetero) is 2. The monoisotopic (exact) mass is 748 g/mol. The molecule has 4 atom stereocenters. The normalized spacial score (nSPS) is 18.0. The van der Waals surface area contributed by atoms with Gasteiger partial charge in [-0.05, 0) is 97.4 Å². The van der Waals surface area contributed by atoms with Crippen LogP contribution in [0.3, 0.4) is 0 Å². The molecule has 1 rings (SSSR count). The highest BCUT2D eigenvalue weighted by Crippen LogP contribution is 2.32. The zero-order valence-corrected chi connectivity index (χ0v) is 36.8. The summed E-state index contributed by atoms with van der Waals surface area (Å²) in [6, 6.07) is 0.357. The third-order valence-corrected chi connectivity index (χ3v) is 12.5. The van der Waals surface area contributed by atoms with Gasteiger partial charge < -0.3 is 9.47 Å². The van der Waals surface area contributed by atoms with E-state index in [1.807, 2.05) is 0 Å². The van der Waals surface area contributed by atoms with Crippen LogP contribution in [0.1, 0.15) is 223 Å². The van der Waals surface area contributed by atoms with Gasteiger partial charge in [0.15, 0.2) is 0 Å². The molecule has 1 fully saturated rings. The number of carbonyl (C=O) groups excluding carboxylic acids is 3. The summed E-state index contributed by atoms with van der Waals surface area (Å²) < 4.78 is 12.5. The molecule has 1 aliphatic rings. The molecule has 0 aromatic heterocycles. The van der Waals surface area contributed by atoms with Gasteiger partial charge in [-0.1, -0.05) is 131 Å². The first-order chi connectivity index (χ1) is 25.3. The van der Waals surface area contributed by atoms with Crippen LogP contribution >= 0.6 is 0 Å². The Hall–Kier alpha value is -1.27. The van der Waals surface area contributed by atoms with E-state index in [2.05, 4.69) is 60.3 Å². The molecule has 0 N–H and O–H groups in total. The fraction of sp³-hybridized carbons (Fsp3) is 0.936. The Bertz CT molecular complexity index is 961. The molecule has 2 unspecified atom stereocenters.